The lowest BCUT2D eigenvalue weighted by atomic mass is 10.2. The van der Waals surface area contributed by atoms with E-state index < -0.39 is 0 Å². The number of nitrogens with one attached hydrogen (secondary N) is 2. The second-order valence-corrected chi connectivity index (χ2v) is 8.30. The molecule has 0 radical (unpaired) electrons. The minimum Gasteiger partial charge on any atom is -0.370 e. The molecular weight excluding hydrogens is 356 g/mol. The van der Waals surface area contributed by atoms with Gasteiger partial charge in [-0.25, -0.2) is 0 Å². The number of carbonyl (C=O) groups is 1. The van der Waals surface area contributed by atoms with Crippen molar-refractivity contribution in [3.05, 3.63) is 0 Å². The molecule has 25 heavy (non-hydrogen) atoms. The van der Waals surface area contributed by atoms with Crippen molar-refractivity contribution in [2.45, 2.75) is 33.1 Å². The molecule has 5 nitrogen and oxygen atoms in total. The van der Waals surface area contributed by atoms with Gasteiger partial charge in [-0.15, -0.1) is 0 Å². The molecule has 0 amide bonds. The Bertz CT molecular complexity index is 371. The topological polar surface area (TPSA) is 59.6 Å². The standard InChI is InChI=1S/C18H34N2O3S2/c1-17(2)7-6-12-22-13-9-20-15-18(21)8-4-5-11-23-16-25-24-14-10-19-3/h17,19-20H,4-5,8-16H2,1-3H3. The molecule has 0 aromatic carbocycles. The number of hydrogen-bond donors (Lipinski definition) is 2. The van der Waals surface area contributed by atoms with E-state index in [4.69, 9.17) is 9.47 Å². The summed E-state index contributed by atoms with van der Waals surface area (Å²) in [6.45, 7) is 7.99. The summed E-state index contributed by atoms with van der Waals surface area (Å²) in [6, 6.07) is 0. The third-order valence-corrected chi connectivity index (χ3v) is 5.04. The highest BCUT2D eigenvalue weighted by Gasteiger charge is 2.01. The van der Waals surface area contributed by atoms with Crippen LogP contribution in [0.25, 0.3) is 0 Å². The van der Waals surface area contributed by atoms with Gasteiger partial charge in [0, 0.05) is 37.8 Å². The molecule has 146 valence electrons. The van der Waals surface area contributed by atoms with E-state index in [-0.39, 0.29) is 5.78 Å². The number of unbranched alkanes of at least 4 members (excludes halogenated alkanes) is 1. The van der Waals surface area contributed by atoms with Gasteiger partial charge in [0.25, 0.3) is 0 Å². The highest BCUT2D eigenvalue weighted by atomic mass is 33.1. The van der Waals surface area contributed by atoms with E-state index in [1.165, 1.54) is 0 Å². The summed E-state index contributed by atoms with van der Waals surface area (Å²) in [5.41, 5.74) is 0. The van der Waals surface area contributed by atoms with Crippen LogP contribution in [-0.4, -0.2) is 64.0 Å². The van der Waals surface area contributed by atoms with Gasteiger partial charge in [-0.3, -0.25) is 4.79 Å². The Morgan fingerprint density at radius 3 is 2.72 bits per heavy atom. The lowest BCUT2D eigenvalue weighted by Crippen LogP contribution is -2.26. The average molecular weight is 391 g/mol. The van der Waals surface area contributed by atoms with E-state index in [1.54, 1.807) is 10.8 Å². The van der Waals surface area contributed by atoms with Gasteiger partial charge in [0.1, 0.15) is 18.3 Å². The van der Waals surface area contributed by atoms with E-state index >= 15 is 0 Å². The van der Waals surface area contributed by atoms with Crippen molar-refractivity contribution in [3.8, 4) is 11.8 Å². The first kappa shape index (κ1) is 24.8. The number of rotatable bonds is 17. The molecule has 0 unspecified atom stereocenters. The summed E-state index contributed by atoms with van der Waals surface area (Å²) in [5.74, 6) is 8.43. The van der Waals surface area contributed by atoms with Gasteiger partial charge in [0.15, 0.2) is 0 Å². The lowest BCUT2D eigenvalue weighted by molar-refractivity contribution is -0.118. The van der Waals surface area contributed by atoms with Gasteiger partial charge in [-0.1, -0.05) is 47.3 Å². The van der Waals surface area contributed by atoms with Gasteiger partial charge >= 0.3 is 0 Å². The molecule has 7 heteroatoms. The molecule has 0 spiro atoms. The zero-order valence-corrected chi connectivity index (χ0v) is 17.5. The minimum atomic E-state index is 0.247. The Hall–Kier alpha value is -0.230. The fraction of sp³-hybridized carbons (Fsp3) is 0.833. The molecule has 0 aliphatic rings. The molecule has 0 saturated heterocycles. The summed E-state index contributed by atoms with van der Waals surface area (Å²) in [4.78, 5) is 11.7. The average Bonchev–Trinajstić information content (AvgIpc) is 2.58. The molecule has 0 heterocycles. The number of hydrogen-bond acceptors (Lipinski definition) is 7. The second-order valence-electron chi connectivity index (χ2n) is 5.77. The van der Waals surface area contributed by atoms with Gasteiger partial charge in [-0.05, 0) is 19.9 Å². The highest BCUT2D eigenvalue weighted by molar-refractivity contribution is 8.76. The molecule has 0 aromatic rings. The first-order chi connectivity index (χ1) is 12.2. The van der Waals surface area contributed by atoms with Crippen molar-refractivity contribution in [1.29, 1.82) is 0 Å². The van der Waals surface area contributed by atoms with E-state index in [0.29, 0.717) is 44.6 Å². The first-order valence-corrected chi connectivity index (χ1v) is 11.4. The molecule has 0 bridgehead atoms. The Morgan fingerprint density at radius 1 is 1.12 bits per heavy atom. The third-order valence-electron chi connectivity index (χ3n) is 2.95. The van der Waals surface area contributed by atoms with Crippen LogP contribution in [0.15, 0.2) is 0 Å². The van der Waals surface area contributed by atoms with Gasteiger partial charge in [-0.2, -0.15) is 0 Å². The molecule has 0 aliphatic heterocycles. The van der Waals surface area contributed by atoms with Crippen LogP contribution in [0.3, 0.4) is 0 Å². The molecular formula is C18H34N2O3S2. The minimum absolute atomic E-state index is 0.247. The number of carbonyl (C=O) groups excluding carboxylic acids is 1. The monoisotopic (exact) mass is 390 g/mol. The SMILES string of the molecule is CNCCSSCOCCCCC(=O)CNCCOCC#CC(C)C. The summed E-state index contributed by atoms with van der Waals surface area (Å²) in [7, 11) is 5.51. The molecule has 0 atom stereocenters. The maximum Gasteiger partial charge on any atom is 0.146 e. The maximum atomic E-state index is 11.7. The van der Waals surface area contributed by atoms with Crippen LogP contribution in [0, 0.1) is 17.8 Å². The number of ether oxygens (including phenoxy) is 2. The Kier molecular flexibility index (Phi) is 19.9. The number of Topliss-reactive ketones (excluding diaryl/α,β-unsaturated/α-hetero) is 1. The summed E-state index contributed by atoms with van der Waals surface area (Å²) < 4.78 is 10.9. The molecule has 0 aliphatic carbocycles. The number of ketones is 1. The van der Waals surface area contributed by atoms with E-state index in [2.05, 4.69) is 36.3 Å². The molecule has 0 aromatic heterocycles. The quantitative estimate of drug-likeness (QED) is 0.171. The predicted molar refractivity (Wildman–Crippen MR) is 110 cm³/mol. The van der Waals surface area contributed by atoms with Crippen LogP contribution < -0.4 is 10.6 Å². The predicted octanol–water partition coefficient (Wildman–Crippen LogP) is 2.57. The largest absolute Gasteiger partial charge is 0.370 e. The molecule has 2 N–H and O–H groups in total. The Morgan fingerprint density at radius 2 is 1.96 bits per heavy atom. The fourth-order valence-electron chi connectivity index (χ4n) is 1.69. The van der Waals surface area contributed by atoms with Crippen LogP contribution in [0.1, 0.15) is 33.1 Å². The van der Waals surface area contributed by atoms with Crippen LogP contribution in [0.4, 0.5) is 0 Å². The highest BCUT2D eigenvalue weighted by Crippen LogP contribution is 2.20. The van der Waals surface area contributed by atoms with Gasteiger partial charge < -0.3 is 20.1 Å². The second kappa shape index (κ2) is 20.1. The van der Waals surface area contributed by atoms with E-state index in [1.807, 2.05) is 17.8 Å². The lowest BCUT2D eigenvalue weighted by Gasteiger charge is -2.05. The van der Waals surface area contributed by atoms with Crippen LogP contribution in [0.2, 0.25) is 0 Å². The molecule has 0 fully saturated rings. The Labute approximate surface area is 161 Å². The summed E-state index contributed by atoms with van der Waals surface area (Å²) >= 11 is 0. The van der Waals surface area contributed by atoms with Gasteiger partial charge in [0.2, 0.25) is 0 Å². The van der Waals surface area contributed by atoms with Crippen LogP contribution in [-0.2, 0) is 14.3 Å². The summed E-state index contributed by atoms with van der Waals surface area (Å²) in [6.07, 6.45) is 2.44. The van der Waals surface area contributed by atoms with E-state index in [0.717, 1.165) is 31.7 Å². The van der Waals surface area contributed by atoms with E-state index in [9.17, 15) is 4.79 Å². The van der Waals surface area contributed by atoms with Crippen molar-refractivity contribution in [2.24, 2.45) is 5.92 Å². The summed E-state index contributed by atoms with van der Waals surface area (Å²) in [5, 5.41) is 6.21. The van der Waals surface area contributed by atoms with Crippen molar-refractivity contribution in [3.63, 3.8) is 0 Å². The van der Waals surface area contributed by atoms with Gasteiger partial charge in [0.05, 0.1) is 13.2 Å². The third kappa shape index (κ3) is 21.7. The zero-order chi connectivity index (χ0) is 18.6. The maximum absolute atomic E-state index is 11.7. The van der Waals surface area contributed by atoms with Crippen molar-refractivity contribution < 1.29 is 14.3 Å². The van der Waals surface area contributed by atoms with Crippen LogP contribution in [0.5, 0.6) is 0 Å². The van der Waals surface area contributed by atoms with Crippen LogP contribution >= 0.6 is 21.6 Å². The zero-order valence-electron chi connectivity index (χ0n) is 15.9. The van der Waals surface area contributed by atoms with Crippen molar-refractivity contribution in [1.82, 2.24) is 10.6 Å². The molecule has 0 rings (SSSR count). The fourth-order valence-corrected chi connectivity index (χ4v) is 3.36. The van der Waals surface area contributed by atoms with Crippen molar-refractivity contribution >= 4 is 27.4 Å². The smallest absolute Gasteiger partial charge is 0.146 e. The first-order valence-electron chi connectivity index (χ1n) is 8.92. The normalized spacial score (nSPS) is 10.7. The Balaban J connectivity index is 3.22. The molecule has 0 saturated carbocycles. The van der Waals surface area contributed by atoms with Crippen molar-refractivity contribution in [2.75, 3.05) is 58.2 Å².